The summed E-state index contributed by atoms with van der Waals surface area (Å²) < 4.78 is 31.3. The Bertz CT molecular complexity index is 883. The molecule has 0 bridgehead atoms. The first-order chi connectivity index (χ1) is 13.3. The molecule has 0 heterocycles. The number of nitrogens with one attached hydrogen (secondary N) is 1. The summed E-state index contributed by atoms with van der Waals surface area (Å²) >= 11 is 5.90. The van der Waals surface area contributed by atoms with Gasteiger partial charge in [-0.15, -0.1) is 0 Å². The van der Waals surface area contributed by atoms with Gasteiger partial charge in [-0.1, -0.05) is 30.7 Å². The van der Waals surface area contributed by atoms with E-state index in [4.69, 9.17) is 16.3 Å². The van der Waals surface area contributed by atoms with Crippen molar-refractivity contribution >= 4 is 33.2 Å². The van der Waals surface area contributed by atoms with Crippen molar-refractivity contribution in [1.82, 2.24) is 5.32 Å². The van der Waals surface area contributed by atoms with Gasteiger partial charge >= 0.3 is 0 Å². The van der Waals surface area contributed by atoms with Crippen molar-refractivity contribution in [1.29, 1.82) is 0 Å². The molecule has 0 saturated carbocycles. The normalized spacial score (nSPS) is 12.3. The number of sulfonamides is 1. The lowest BCUT2D eigenvalue weighted by atomic mass is 10.1. The fourth-order valence-electron chi connectivity index (χ4n) is 2.83. The van der Waals surface area contributed by atoms with Gasteiger partial charge in [0, 0.05) is 11.6 Å². The molecule has 0 saturated heterocycles. The van der Waals surface area contributed by atoms with Crippen molar-refractivity contribution in [2.24, 2.45) is 0 Å². The first-order valence-electron chi connectivity index (χ1n) is 9.00. The van der Waals surface area contributed by atoms with E-state index in [1.165, 1.54) is 0 Å². The van der Waals surface area contributed by atoms with Gasteiger partial charge in [-0.2, -0.15) is 0 Å². The van der Waals surface area contributed by atoms with E-state index in [0.717, 1.165) is 21.9 Å². The second-order valence-electron chi connectivity index (χ2n) is 6.25. The minimum absolute atomic E-state index is 0.292. The average Bonchev–Trinajstić information content (AvgIpc) is 2.65. The van der Waals surface area contributed by atoms with Crippen LogP contribution in [0, 0.1) is 0 Å². The van der Waals surface area contributed by atoms with Gasteiger partial charge in [0.2, 0.25) is 15.9 Å². The average molecular weight is 425 g/mol. The number of carbonyl (C=O) groups is 1. The van der Waals surface area contributed by atoms with E-state index in [9.17, 15) is 13.2 Å². The molecule has 2 aromatic rings. The van der Waals surface area contributed by atoms with Gasteiger partial charge in [0.25, 0.3) is 0 Å². The number of carbonyl (C=O) groups excluding carboxylic acids is 1. The summed E-state index contributed by atoms with van der Waals surface area (Å²) in [6, 6.07) is 12.9. The second kappa shape index (κ2) is 9.80. The predicted octanol–water partition coefficient (Wildman–Crippen LogP) is 3.60. The van der Waals surface area contributed by atoms with Crippen molar-refractivity contribution in [2.45, 2.75) is 32.9 Å². The van der Waals surface area contributed by atoms with E-state index in [2.05, 4.69) is 5.32 Å². The summed E-state index contributed by atoms with van der Waals surface area (Å²) in [6.45, 7) is 4.56. The number of amides is 1. The highest BCUT2D eigenvalue weighted by Crippen LogP contribution is 2.24. The largest absolute Gasteiger partial charge is 0.494 e. The highest BCUT2D eigenvalue weighted by Gasteiger charge is 2.31. The van der Waals surface area contributed by atoms with Gasteiger partial charge in [0.15, 0.2) is 0 Å². The third-order valence-corrected chi connectivity index (χ3v) is 5.54. The summed E-state index contributed by atoms with van der Waals surface area (Å²) in [7, 11) is -3.67. The maximum absolute atomic E-state index is 12.8. The molecule has 0 aromatic heterocycles. The summed E-state index contributed by atoms with van der Waals surface area (Å²) in [6.07, 6.45) is 1.41. The van der Waals surface area contributed by atoms with Gasteiger partial charge in [-0.25, -0.2) is 8.42 Å². The van der Waals surface area contributed by atoms with Crippen molar-refractivity contribution < 1.29 is 17.9 Å². The Kier molecular flexibility index (Phi) is 7.71. The van der Waals surface area contributed by atoms with E-state index in [1.54, 1.807) is 31.2 Å². The lowest BCUT2D eigenvalue weighted by molar-refractivity contribution is -0.122. The Morgan fingerprint density at radius 1 is 1.11 bits per heavy atom. The number of nitrogens with zero attached hydrogens (tertiary/aromatic N) is 1. The van der Waals surface area contributed by atoms with Crippen LogP contribution < -0.4 is 14.4 Å². The molecular formula is C20H25ClN2O4S. The van der Waals surface area contributed by atoms with Gasteiger partial charge < -0.3 is 10.1 Å². The van der Waals surface area contributed by atoms with Crippen LogP contribution in [0.3, 0.4) is 0 Å². The molecule has 0 aliphatic carbocycles. The maximum Gasteiger partial charge on any atom is 0.244 e. The highest BCUT2D eigenvalue weighted by atomic mass is 35.5. The number of benzene rings is 2. The quantitative estimate of drug-likeness (QED) is 0.667. The monoisotopic (exact) mass is 424 g/mol. The van der Waals surface area contributed by atoms with Crippen molar-refractivity contribution in [3.05, 3.63) is 59.1 Å². The molecule has 6 nitrogen and oxygen atoms in total. The molecule has 0 radical (unpaired) electrons. The predicted molar refractivity (Wildman–Crippen MR) is 112 cm³/mol. The minimum atomic E-state index is -3.67. The molecule has 2 aromatic carbocycles. The van der Waals surface area contributed by atoms with E-state index < -0.39 is 16.1 Å². The number of halogens is 1. The number of rotatable bonds is 9. The van der Waals surface area contributed by atoms with Crippen LogP contribution in [-0.4, -0.2) is 33.2 Å². The summed E-state index contributed by atoms with van der Waals surface area (Å²) in [5.41, 5.74) is 1.29. The maximum atomic E-state index is 12.8. The lowest BCUT2D eigenvalue weighted by Crippen LogP contribution is -2.49. The standard InChI is InChI=1S/C20H25ClN2O4S/c1-4-19(23(28(3,25)26)17-10-8-16(21)9-11-17)20(24)22-14-15-6-12-18(13-7-15)27-5-2/h6-13,19H,4-5,14H2,1-3H3,(H,22,24)/t19-/m0/s1. The molecular weight excluding hydrogens is 400 g/mol. The zero-order valence-corrected chi connectivity index (χ0v) is 17.8. The van der Waals surface area contributed by atoms with Crippen molar-refractivity contribution in [3.63, 3.8) is 0 Å². The fraction of sp³-hybridized carbons (Fsp3) is 0.350. The van der Waals surface area contributed by atoms with Crippen LogP contribution in [0.25, 0.3) is 0 Å². The zero-order chi connectivity index (χ0) is 20.7. The SMILES string of the molecule is CCOc1ccc(CNC(=O)[C@H](CC)N(c2ccc(Cl)cc2)S(C)(=O)=O)cc1. The number of hydrogen-bond donors (Lipinski definition) is 1. The van der Waals surface area contributed by atoms with E-state index in [0.29, 0.717) is 30.3 Å². The van der Waals surface area contributed by atoms with Crippen LogP contribution in [0.15, 0.2) is 48.5 Å². The van der Waals surface area contributed by atoms with Gasteiger partial charge in [-0.05, 0) is 55.3 Å². The molecule has 0 aliphatic rings. The van der Waals surface area contributed by atoms with Crippen LogP contribution >= 0.6 is 11.6 Å². The van der Waals surface area contributed by atoms with Crippen molar-refractivity contribution in [3.8, 4) is 5.75 Å². The van der Waals surface area contributed by atoms with Crippen LogP contribution in [0.5, 0.6) is 5.75 Å². The third-order valence-electron chi connectivity index (χ3n) is 4.11. The van der Waals surface area contributed by atoms with Gasteiger partial charge in [-0.3, -0.25) is 9.10 Å². The fourth-order valence-corrected chi connectivity index (χ4v) is 4.16. The molecule has 152 valence electrons. The Morgan fingerprint density at radius 2 is 1.71 bits per heavy atom. The Balaban J connectivity index is 2.16. The summed E-state index contributed by atoms with van der Waals surface area (Å²) in [5.74, 6) is 0.395. The van der Waals surface area contributed by atoms with E-state index >= 15 is 0 Å². The third kappa shape index (κ3) is 5.87. The van der Waals surface area contributed by atoms with Gasteiger partial charge in [0.1, 0.15) is 11.8 Å². The second-order valence-corrected chi connectivity index (χ2v) is 8.55. The van der Waals surface area contributed by atoms with Crippen LogP contribution in [0.4, 0.5) is 5.69 Å². The number of anilines is 1. The first kappa shape index (κ1) is 22.0. The number of hydrogen-bond acceptors (Lipinski definition) is 4. The molecule has 28 heavy (non-hydrogen) atoms. The topological polar surface area (TPSA) is 75.7 Å². The molecule has 0 aliphatic heterocycles. The number of ether oxygens (including phenoxy) is 1. The molecule has 8 heteroatoms. The van der Waals surface area contributed by atoms with Crippen molar-refractivity contribution in [2.75, 3.05) is 17.2 Å². The van der Waals surface area contributed by atoms with Crippen LogP contribution in [0.1, 0.15) is 25.8 Å². The molecule has 0 spiro atoms. The molecule has 1 N–H and O–H groups in total. The Hall–Kier alpha value is -2.25. The van der Waals surface area contributed by atoms with E-state index in [1.807, 2.05) is 31.2 Å². The molecule has 2 rings (SSSR count). The van der Waals surface area contributed by atoms with Gasteiger partial charge in [0.05, 0.1) is 18.6 Å². The smallest absolute Gasteiger partial charge is 0.244 e. The zero-order valence-electron chi connectivity index (χ0n) is 16.2. The molecule has 0 fully saturated rings. The summed E-state index contributed by atoms with van der Waals surface area (Å²) in [5, 5.41) is 3.31. The highest BCUT2D eigenvalue weighted by molar-refractivity contribution is 7.92. The molecule has 0 unspecified atom stereocenters. The minimum Gasteiger partial charge on any atom is -0.494 e. The lowest BCUT2D eigenvalue weighted by Gasteiger charge is -2.30. The van der Waals surface area contributed by atoms with Crippen LogP contribution in [0.2, 0.25) is 5.02 Å². The Labute approximate surface area is 171 Å². The Morgan fingerprint density at radius 3 is 2.21 bits per heavy atom. The van der Waals surface area contributed by atoms with Crippen LogP contribution in [-0.2, 0) is 21.4 Å². The molecule has 1 atom stereocenters. The van der Waals surface area contributed by atoms with E-state index in [-0.39, 0.29) is 5.91 Å². The molecule has 1 amide bonds. The first-order valence-corrected chi connectivity index (χ1v) is 11.2. The summed E-state index contributed by atoms with van der Waals surface area (Å²) in [4.78, 5) is 12.8.